The fraction of sp³-hybridized carbons (Fsp3) is 0.320. The fourth-order valence-corrected chi connectivity index (χ4v) is 4.95. The van der Waals surface area contributed by atoms with Crippen molar-refractivity contribution < 1.29 is 0 Å². The Hall–Kier alpha value is -2.41. The Morgan fingerprint density at radius 2 is 1.69 bits per heavy atom. The average Bonchev–Trinajstić information content (AvgIpc) is 3.25. The lowest BCUT2D eigenvalue weighted by Crippen LogP contribution is -2.02. The molecule has 0 spiro atoms. The first-order chi connectivity index (χ1) is 12.7. The summed E-state index contributed by atoms with van der Waals surface area (Å²) in [6.45, 7) is 4.33. The van der Waals surface area contributed by atoms with Gasteiger partial charge in [-0.15, -0.1) is 0 Å². The van der Waals surface area contributed by atoms with E-state index in [0.29, 0.717) is 0 Å². The third-order valence-electron chi connectivity index (χ3n) is 6.07. The predicted octanol–water partition coefficient (Wildman–Crippen LogP) is 6.67. The molecule has 0 amide bonds. The normalized spacial score (nSPS) is 16.5. The molecule has 1 heterocycles. The lowest BCUT2D eigenvalue weighted by molar-refractivity contribution is 0.548. The molecule has 26 heavy (non-hydrogen) atoms. The van der Waals surface area contributed by atoms with Crippen molar-refractivity contribution in [1.29, 1.82) is 0 Å². The van der Waals surface area contributed by atoms with Gasteiger partial charge in [0, 0.05) is 16.5 Å². The van der Waals surface area contributed by atoms with Crippen LogP contribution < -0.4 is 0 Å². The third-order valence-corrected chi connectivity index (χ3v) is 6.07. The van der Waals surface area contributed by atoms with Crippen LogP contribution in [0.4, 0.5) is 5.69 Å². The summed E-state index contributed by atoms with van der Waals surface area (Å²) < 4.78 is 0. The van der Waals surface area contributed by atoms with E-state index in [1.54, 1.807) is 0 Å². The smallest absolute Gasteiger partial charge is 0.0789 e. The molecule has 0 aromatic heterocycles. The summed E-state index contributed by atoms with van der Waals surface area (Å²) in [6, 6.07) is 18.1. The van der Waals surface area contributed by atoms with E-state index >= 15 is 0 Å². The number of rotatable bonds is 3. The summed E-state index contributed by atoms with van der Waals surface area (Å²) in [5.74, 6) is 0.869. The maximum atomic E-state index is 5.04. The number of benzene rings is 3. The molecule has 1 aliphatic heterocycles. The molecule has 1 aliphatic carbocycles. The molecule has 1 nitrogen and oxygen atoms in total. The summed E-state index contributed by atoms with van der Waals surface area (Å²) in [5, 5.41) is 2.77. The highest BCUT2D eigenvalue weighted by molar-refractivity contribution is 6.26. The summed E-state index contributed by atoms with van der Waals surface area (Å²) >= 11 is 0. The van der Waals surface area contributed by atoms with E-state index in [4.69, 9.17) is 4.99 Å². The average molecular weight is 339 g/mol. The monoisotopic (exact) mass is 339 g/mol. The van der Waals surface area contributed by atoms with Crippen LogP contribution in [0.3, 0.4) is 0 Å². The Morgan fingerprint density at radius 3 is 2.46 bits per heavy atom. The lowest BCUT2D eigenvalue weighted by Gasteiger charge is -2.13. The summed E-state index contributed by atoms with van der Waals surface area (Å²) in [7, 11) is 0. The first kappa shape index (κ1) is 15.8. The van der Waals surface area contributed by atoms with E-state index in [9.17, 15) is 0 Å². The fourth-order valence-electron chi connectivity index (χ4n) is 4.95. The molecular formula is C25H25N. The Kier molecular flexibility index (Phi) is 3.70. The van der Waals surface area contributed by atoms with Crippen LogP contribution in [0.25, 0.3) is 10.8 Å². The van der Waals surface area contributed by atoms with Crippen molar-refractivity contribution in [3.63, 3.8) is 0 Å². The van der Waals surface area contributed by atoms with Gasteiger partial charge in [0.05, 0.1) is 11.4 Å². The molecule has 1 saturated carbocycles. The van der Waals surface area contributed by atoms with E-state index in [2.05, 4.69) is 62.4 Å². The van der Waals surface area contributed by atoms with Crippen LogP contribution in [0.15, 0.2) is 53.5 Å². The number of hydrogen-bond donors (Lipinski definition) is 0. The van der Waals surface area contributed by atoms with Gasteiger partial charge in [0.25, 0.3) is 0 Å². The highest BCUT2D eigenvalue weighted by Crippen LogP contribution is 2.40. The highest BCUT2D eigenvalue weighted by atomic mass is 14.8. The van der Waals surface area contributed by atoms with Crippen LogP contribution >= 0.6 is 0 Å². The topological polar surface area (TPSA) is 12.4 Å². The molecule has 0 radical (unpaired) electrons. The van der Waals surface area contributed by atoms with E-state index in [0.717, 1.165) is 17.3 Å². The number of nitrogens with zero attached hydrogens (tertiary/aromatic N) is 1. The van der Waals surface area contributed by atoms with Crippen LogP contribution in [0.1, 0.15) is 53.5 Å². The van der Waals surface area contributed by atoms with Crippen molar-refractivity contribution in [3.05, 3.63) is 76.3 Å². The van der Waals surface area contributed by atoms with Gasteiger partial charge in [-0.25, -0.2) is 4.99 Å². The van der Waals surface area contributed by atoms with Crippen molar-refractivity contribution in [1.82, 2.24) is 0 Å². The molecule has 1 fully saturated rings. The molecule has 5 rings (SSSR count). The molecule has 0 unspecified atom stereocenters. The molecule has 3 aromatic rings. The van der Waals surface area contributed by atoms with Crippen LogP contribution in [-0.2, 0) is 6.42 Å². The molecule has 1 heteroatoms. The minimum absolute atomic E-state index is 0.869. The van der Waals surface area contributed by atoms with Crippen molar-refractivity contribution >= 4 is 22.2 Å². The Bertz CT molecular complexity index is 1020. The van der Waals surface area contributed by atoms with Crippen LogP contribution in [0, 0.1) is 19.8 Å². The van der Waals surface area contributed by atoms with Gasteiger partial charge in [0.2, 0.25) is 0 Å². The van der Waals surface area contributed by atoms with Crippen molar-refractivity contribution in [3.8, 4) is 0 Å². The van der Waals surface area contributed by atoms with E-state index in [1.807, 2.05) is 0 Å². The summed E-state index contributed by atoms with van der Waals surface area (Å²) in [6.07, 6.45) is 6.83. The SMILES string of the molecule is Cc1cc(C)cc(C2=Nc3ccc(CC4CCCC4)c4cccc2c34)c1. The molecule has 0 bridgehead atoms. The Balaban J connectivity index is 1.63. The van der Waals surface area contributed by atoms with Gasteiger partial charge in [0.1, 0.15) is 0 Å². The van der Waals surface area contributed by atoms with Gasteiger partial charge in [-0.1, -0.05) is 67.1 Å². The zero-order valence-electron chi connectivity index (χ0n) is 15.7. The number of hydrogen-bond acceptors (Lipinski definition) is 1. The molecule has 0 saturated heterocycles. The maximum absolute atomic E-state index is 5.04. The maximum Gasteiger partial charge on any atom is 0.0789 e. The Morgan fingerprint density at radius 1 is 0.923 bits per heavy atom. The van der Waals surface area contributed by atoms with Crippen molar-refractivity contribution in [2.75, 3.05) is 0 Å². The second-order valence-corrected chi connectivity index (χ2v) is 8.16. The van der Waals surface area contributed by atoms with Crippen LogP contribution in [-0.4, -0.2) is 5.71 Å². The van der Waals surface area contributed by atoms with Crippen LogP contribution in [0.5, 0.6) is 0 Å². The van der Waals surface area contributed by atoms with E-state index in [1.165, 1.54) is 70.7 Å². The van der Waals surface area contributed by atoms with Crippen molar-refractivity contribution in [2.45, 2.75) is 46.0 Å². The van der Waals surface area contributed by atoms with E-state index in [-0.39, 0.29) is 0 Å². The standard InChI is InChI=1S/C25H25N/c1-16-12-17(2)14-20(13-16)25-22-9-5-8-21-19(15-18-6-3-4-7-18)10-11-23(26-25)24(21)22/h5,8-14,18H,3-4,6-7,15H2,1-2H3. The molecule has 2 aliphatic rings. The first-order valence-electron chi connectivity index (χ1n) is 9.91. The summed E-state index contributed by atoms with van der Waals surface area (Å²) in [5.41, 5.74) is 8.92. The second-order valence-electron chi connectivity index (χ2n) is 8.16. The Labute approximate surface area is 155 Å². The van der Waals surface area contributed by atoms with Gasteiger partial charge in [0.15, 0.2) is 0 Å². The van der Waals surface area contributed by atoms with Crippen molar-refractivity contribution in [2.24, 2.45) is 10.9 Å². The molecular weight excluding hydrogens is 314 g/mol. The van der Waals surface area contributed by atoms with Gasteiger partial charge < -0.3 is 0 Å². The quantitative estimate of drug-likeness (QED) is 0.395. The molecule has 0 N–H and O–H groups in total. The van der Waals surface area contributed by atoms with Gasteiger partial charge in [-0.3, -0.25) is 0 Å². The zero-order valence-corrected chi connectivity index (χ0v) is 15.7. The van der Waals surface area contributed by atoms with Crippen LogP contribution in [0.2, 0.25) is 0 Å². The lowest BCUT2D eigenvalue weighted by atomic mass is 9.91. The first-order valence-corrected chi connectivity index (χ1v) is 9.91. The molecule has 130 valence electrons. The largest absolute Gasteiger partial charge is 0.247 e. The minimum Gasteiger partial charge on any atom is -0.247 e. The third kappa shape index (κ3) is 2.58. The van der Waals surface area contributed by atoms with Gasteiger partial charge in [-0.05, 0) is 55.3 Å². The molecule has 0 atom stereocenters. The predicted molar refractivity (Wildman–Crippen MR) is 111 cm³/mol. The van der Waals surface area contributed by atoms with Gasteiger partial charge >= 0.3 is 0 Å². The zero-order chi connectivity index (χ0) is 17.7. The number of aryl methyl sites for hydroxylation is 2. The highest BCUT2D eigenvalue weighted by Gasteiger charge is 2.23. The van der Waals surface area contributed by atoms with E-state index < -0.39 is 0 Å². The van der Waals surface area contributed by atoms with Gasteiger partial charge in [-0.2, -0.15) is 0 Å². The second kappa shape index (κ2) is 6.09. The molecule has 3 aromatic carbocycles. The summed E-state index contributed by atoms with van der Waals surface area (Å²) in [4.78, 5) is 5.04. The number of aliphatic imine (C=N–C) groups is 1. The minimum atomic E-state index is 0.869.